The van der Waals surface area contributed by atoms with E-state index in [1.54, 1.807) is 6.92 Å². The molecule has 1 N–H and O–H groups in total. The van der Waals surface area contributed by atoms with Crippen LogP contribution in [0, 0.1) is 10.1 Å². The molecule has 28 heavy (non-hydrogen) atoms. The molecular weight excluding hydrogens is 385 g/mol. The Labute approximate surface area is 156 Å². The average Bonchev–Trinajstić information content (AvgIpc) is 3.01. The summed E-state index contributed by atoms with van der Waals surface area (Å²) in [6, 6.07) is 4.74. The van der Waals surface area contributed by atoms with Gasteiger partial charge in [0, 0.05) is 23.5 Å². The van der Waals surface area contributed by atoms with Crippen molar-refractivity contribution >= 4 is 11.7 Å². The number of aryl methyl sites for hydroxylation is 1. The summed E-state index contributed by atoms with van der Waals surface area (Å²) >= 11 is 0. The number of hydrogen-bond donors (Lipinski definition) is 1. The molecule has 1 unspecified atom stereocenters. The van der Waals surface area contributed by atoms with Crippen molar-refractivity contribution in [1.29, 1.82) is 0 Å². The van der Waals surface area contributed by atoms with Crippen LogP contribution in [0.4, 0.5) is 19.0 Å². The smallest absolute Gasteiger partial charge is 0.438 e. The first-order chi connectivity index (χ1) is 13.0. The number of rotatable bonds is 5. The van der Waals surface area contributed by atoms with Crippen molar-refractivity contribution in [3.8, 4) is 11.8 Å². The first-order valence-electron chi connectivity index (χ1n) is 8.09. The van der Waals surface area contributed by atoms with E-state index < -0.39 is 28.5 Å². The van der Waals surface area contributed by atoms with Crippen LogP contribution in [0.3, 0.4) is 0 Å². The quantitative estimate of drug-likeness (QED) is 0.611. The predicted octanol–water partition coefficient (Wildman–Crippen LogP) is 2.66. The largest absolute Gasteiger partial charge is 0.573 e. The number of benzene rings is 1. The van der Waals surface area contributed by atoms with Gasteiger partial charge < -0.3 is 24.9 Å². The molecule has 2 aromatic rings. The molecule has 150 valence electrons. The normalized spacial score (nSPS) is 18.7. The third-order valence-electron chi connectivity index (χ3n) is 4.09. The number of ether oxygens (including phenoxy) is 2. The monoisotopic (exact) mass is 400 g/mol. The second-order valence-electron chi connectivity index (χ2n) is 6.39. The van der Waals surface area contributed by atoms with Crippen LogP contribution in [0.5, 0.6) is 11.8 Å². The predicted molar refractivity (Wildman–Crippen MR) is 88.0 cm³/mol. The standard InChI is InChI=1S/C16H15F3N4O5/c1-15(5-6-22-8-12(23(25)26)21-14(22)28-15)9-20-13(24)10-3-2-4-11(7-10)27-16(17,18)19/h2-4,7-8H,5-6,9H2,1H3,(H,20,24). The number of alkyl halides is 3. The van der Waals surface area contributed by atoms with Crippen LogP contribution in [0.2, 0.25) is 0 Å². The van der Waals surface area contributed by atoms with Crippen molar-refractivity contribution in [3.05, 3.63) is 46.1 Å². The average molecular weight is 400 g/mol. The third kappa shape index (κ3) is 4.50. The van der Waals surface area contributed by atoms with E-state index in [1.807, 2.05) is 0 Å². The van der Waals surface area contributed by atoms with Gasteiger partial charge in [0.25, 0.3) is 5.91 Å². The molecule has 9 nitrogen and oxygen atoms in total. The van der Waals surface area contributed by atoms with Gasteiger partial charge in [-0.3, -0.25) is 9.36 Å². The summed E-state index contributed by atoms with van der Waals surface area (Å²) < 4.78 is 47.9. The van der Waals surface area contributed by atoms with E-state index >= 15 is 0 Å². The van der Waals surface area contributed by atoms with Crippen molar-refractivity contribution in [3.63, 3.8) is 0 Å². The van der Waals surface area contributed by atoms with Crippen LogP contribution in [0.15, 0.2) is 30.5 Å². The lowest BCUT2D eigenvalue weighted by Gasteiger charge is -2.32. The molecule has 0 fully saturated rings. The highest BCUT2D eigenvalue weighted by Gasteiger charge is 2.37. The van der Waals surface area contributed by atoms with Crippen LogP contribution >= 0.6 is 0 Å². The summed E-state index contributed by atoms with van der Waals surface area (Å²) in [6.07, 6.45) is -3.16. The summed E-state index contributed by atoms with van der Waals surface area (Å²) in [7, 11) is 0. The van der Waals surface area contributed by atoms with Gasteiger partial charge in [0.15, 0.2) is 0 Å². The summed E-state index contributed by atoms with van der Waals surface area (Å²) in [5.41, 5.74) is -0.899. The fourth-order valence-electron chi connectivity index (χ4n) is 2.67. The van der Waals surface area contributed by atoms with Crippen molar-refractivity contribution in [2.45, 2.75) is 31.9 Å². The molecule has 2 heterocycles. The number of fused-ring (bicyclic) bond motifs is 1. The minimum atomic E-state index is -4.86. The third-order valence-corrected chi connectivity index (χ3v) is 4.09. The summed E-state index contributed by atoms with van der Waals surface area (Å²) in [4.78, 5) is 26.2. The van der Waals surface area contributed by atoms with Crippen LogP contribution in [-0.4, -0.2) is 38.9 Å². The van der Waals surface area contributed by atoms with Crippen molar-refractivity contribution in [2.24, 2.45) is 0 Å². The minimum absolute atomic E-state index is 0.0155. The molecular formula is C16H15F3N4O5. The van der Waals surface area contributed by atoms with Crippen LogP contribution < -0.4 is 14.8 Å². The fourth-order valence-corrected chi connectivity index (χ4v) is 2.67. The molecule has 0 bridgehead atoms. The van der Waals surface area contributed by atoms with Gasteiger partial charge in [-0.1, -0.05) is 6.07 Å². The second-order valence-corrected chi connectivity index (χ2v) is 6.39. The molecule has 1 aliphatic heterocycles. The summed E-state index contributed by atoms with van der Waals surface area (Å²) in [6.45, 7) is 2.12. The minimum Gasteiger partial charge on any atom is -0.438 e. The maximum Gasteiger partial charge on any atom is 0.573 e. The van der Waals surface area contributed by atoms with Crippen molar-refractivity contribution < 1.29 is 32.4 Å². The molecule has 12 heteroatoms. The lowest BCUT2D eigenvalue weighted by Crippen LogP contribution is -2.48. The first-order valence-corrected chi connectivity index (χ1v) is 8.09. The van der Waals surface area contributed by atoms with Gasteiger partial charge in [0.05, 0.1) is 6.54 Å². The molecule has 1 atom stereocenters. The topological polar surface area (TPSA) is 109 Å². The maximum absolute atomic E-state index is 12.3. The van der Waals surface area contributed by atoms with Gasteiger partial charge in [0.2, 0.25) is 0 Å². The number of halogens is 3. The molecule has 1 aromatic carbocycles. The van der Waals surface area contributed by atoms with E-state index in [0.717, 1.165) is 12.1 Å². The highest BCUT2D eigenvalue weighted by Crippen LogP contribution is 2.29. The van der Waals surface area contributed by atoms with E-state index in [0.29, 0.717) is 13.0 Å². The highest BCUT2D eigenvalue weighted by atomic mass is 19.4. The maximum atomic E-state index is 12.3. The molecule has 0 saturated heterocycles. The molecule has 0 saturated carbocycles. The summed E-state index contributed by atoms with van der Waals surface area (Å²) in [5.74, 6) is -1.46. The number of nitro groups is 1. The molecule has 3 rings (SSSR count). The summed E-state index contributed by atoms with van der Waals surface area (Å²) in [5, 5.41) is 13.4. The number of amides is 1. The Kier molecular flexibility index (Phi) is 4.87. The number of hydrogen-bond acceptors (Lipinski definition) is 6. The fraction of sp³-hybridized carbons (Fsp3) is 0.375. The molecule has 0 spiro atoms. The van der Waals surface area contributed by atoms with Crippen molar-refractivity contribution in [1.82, 2.24) is 14.9 Å². The second kappa shape index (κ2) is 7.02. The Balaban J connectivity index is 1.64. The Bertz CT molecular complexity index is 914. The van der Waals surface area contributed by atoms with Crippen LogP contribution in [0.25, 0.3) is 0 Å². The SMILES string of the molecule is CC1(CNC(=O)c2cccc(OC(F)(F)F)c2)CCn2cc([N+](=O)[O-])nc2O1. The van der Waals surface area contributed by atoms with E-state index in [4.69, 9.17) is 4.74 Å². The number of aromatic nitrogens is 2. The lowest BCUT2D eigenvalue weighted by molar-refractivity contribution is -0.389. The van der Waals surface area contributed by atoms with Crippen LogP contribution in [0.1, 0.15) is 23.7 Å². The Morgan fingerprint density at radius 3 is 2.93 bits per heavy atom. The Morgan fingerprint density at radius 2 is 2.25 bits per heavy atom. The molecule has 0 aliphatic carbocycles. The number of carbonyl (C=O) groups excluding carboxylic acids is 1. The highest BCUT2D eigenvalue weighted by molar-refractivity contribution is 5.94. The molecule has 1 aliphatic rings. The van der Waals surface area contributed by atoms with Gasteiger partial charge in [-0.15, -0.1) is 13.2 Å². The van der Waals surface area contributed by atoms with Gasteiger partial charge in [0.1, 0.15) is 17.5 Å². The zero-order valence-corrected chi connectivity index (χ0v) is 14.5. The molecule has 1 amide bonds. The first kappa shape index (κ1) is 19.5. The van der Waals surface area contributed by atoms with Gasteiger partial charge in [-0.25, -0.2) is 0 Å². The van der Waals surface area contributed by atoms with Crippen LogP contribution in [-0.2, 0) is 6.54 Å². The van der Waals surface area contributed by atoms with E-state index in [9.17, 15) is 28.1 Å². The van der Waals surface area contributed by atoms with Crippen molar-refractivity contribution in [2.75, 3.05) is 6.54 Å². The van der Waals surface area contributed by atoms with Gasteiger partial charge in [-0.2, -0.15) is 0 Å². The zero-order chi connectivity index (χ0) is 20.5. The van der Waals surface area contributed by atoms with Gasteiger partial charge in [-0.05, 0) is 30.0 Å². The molecule has 1 aromatic heterocycles. The Hall–Kier alpha value is -3.31. The zero-order valence-electron chi connectivity index (χ0n) is 14.5. The number of imidazole rings is 1. The van der Waals surface area contributed by atoms with E-state index in [1.165, 1.54) is 22.9 Å². The number of nitrogens with zero attached hydrogens (tertiary/aromatic N) is 3. The number of nitrogens with one attached hydrogen (secondary N) is 1. The lowest BCUT2D eigenvalue weighted by atomic mass is 10.0. The molecule has 0 radical (unpaired) electrons. The van der Waals surface area contributed by atoms with Gasteiger partial charge >= 0.3 is 18.2 Å². The van der Waals surface area contributed by atoms with E-state index in [-0.39, 0.29) is 23.9 Å². The van der Waals surface area contributed by atoms with E-state index in [2.05, 4.69) is 15.0 Å². The Morgan fingerprint density at radius 1 is 1.50 bits per heavy atom. The number of carbonyl (C=O) groups is 1.